The Morgan fingerprint density at radius 2 is 2.45 bits per heavy atom. The van der Waals surface area contributed by atoms with Crippen LogP contribution in [-0.4, -0.2) is 22.7 Å². The number of rotatable bonds is 0. The van der Waals surface area contributed by atoms with Gasteiger partial charge >= 0.3 is 0 Å². The lowest BCUT2D eigenvalue weighted by Crippen LogP contribution is -2.09. The van der Waals surface area contributed by atoms with E-state index in [0.29, 0.717) is 10.4 Å². The number of nitrogens with zero attached hydrogens (tertiary/aromatic N) is 3. The number of hydrogen-bond acceptors (Lipinski definition) is 4. The topological polar surface area (TPSA) is 50.2 Å². The predicted molar refractivity (Wildman–Crippen MR) is 46.4 cm³/mol. The molecule has 2 rings (SSSR count). The van der Waals surface area contributed by atoms with Crippen molar-refractivity contribution in [2.45, 2.75) is 0 Å². The molecule has 0 spiro atoms. The molecule has 0 saturated carbocycles. The molecule has 0 atom stereocenters. The summed E-state index contributed by atoms with van der Waals surface area (Å²) in [5.74, 6) is 1.39. The zero-order chi connectivity index (χ0) is 7.68. The van der Waals surface area contributed by atoms with Gasteiger partial charge in [0.25, 0.3) is 0 Å². The molecule has 5 heteroatoms. The summed E-state index contributed by atoms with van der Waals surface area (Å²) in [7, 11) is 0. The third-order valence-electron chi connectivity index (χ3n) is 1.30. The Morgan fingerprint density at radius 1 is 1.55 bits per heavy atom. The van der Waals surface area contributed by atoms with E-state index >= 15 is 0 Å². The molecule has 0 aromatic carbocycles. The van der Waals surface area contributed by atoms with Gasteiger partial charge < -0.3 is 5.32 Å². The molecule has 1 aliphatic heterocycles. The summed E-state index contributed by atoms with van der Waals surface area (Å²) >= 11 is 3.22. The minimum absolute atomic E-state index is 0.644. The minimum Gasteiger partial charge on any atom is -0.362 e. The lowest BCUT2D eigenvalue weighted by atomic mass is 10.5. The first-order chi connectivity index (χ1) is 5.36. The van der Waals surface area contributed by atoms with Crippen LogP contribution in [0.25, 0.3) is 0 Å². The lowest BCUT2D eigenvalue weighted by Gasteiger charge is -2.08. The Morgan fingerprint density at radius 3 is 3.36 bits per heavy atom. The van der Waals surface area contributed by atoms with Gasteiger partial charge in [-0.3, -0.25) is 0 Å². The molecule has 11 heavy (non-hydrogen) atoms. The summed E-state index contributed by atoms with van der Waals surface area (Å²) in [4.78, 5) is 12.3. The monoisotopic (exact) mass is 212 g/mol. The molecule has 0 aliphatic carbocycles. The van der Waals surface area contributed by atoms with Crippen molar-refractivity contribution in [1.82, 2.24) is 9.97 Å². The van der Waals surface area contributed by atoms with Gasteiger partial charge in [0.15, 0.2) is 11.6 Å². The summed E-state index contributed by atoms with van der Waals surface area (Å²) in [6, 6.07) is 0. The molecule has 1 aliphatic rings. The van der Waals surface area contributed by atoms with Crippen LogP contribution in [-0.2, 0) is 0 Å². The fourth-order valence-corrected chi connectivity index (χ4v) is 1.12. The van der Waals surface area contributed by atoms with E-state index in [1.54, 1.807) is 12.4 Å². The molecular weight excluding hydrogens is 208 g/mol. The van der Waals surface area contributed by atoms with Crippen LogP contribution in [0.4, 0.5) is 11.6 Å². The van der Waals surface area contributed by atoms with Crippen LogP contribution in [0, 0.1) is 0 Å². The Balaban J connectivity index is 2.54. The number of hydrogen-bond donors (Lipinski definition) is 1. The average Bonchev–Trinajstić information content (AvgIpc) is 2.04. The number of halogens is 1. The van der Waals surface area contributed by atoms with Gasteiger partial charge in [-0.15, -0.1) is 0 Å². The molecule has 0 amide bonds. The largest absolute Gasteiger partial charge is 0.362 e. The van der Waals surface area contributed by atoms with Gasteiger partial charge in [-0.05, 0) is 15.9 Å². The fourth-order valence-electron chi connectivity index (χ4n) is 0.848. The van der Waals surface area contributed by atoms with E-state index < -0.39 is 0 Å². The molecule has 0 saturated heterocycles. The van der Waals surface area contributed by atoms with Crippen molar-refractivity contribution >= 4 is 33.8 Å². The molecule has 56 valence electrons. The third-order valence-corrected chi connectivity index (χ3v) is 1.68. The number of aliphatic imine (C=N–C) groups is 1. The Bertz CT molecular complexity index is 309. The molecule has 1 aromatic heterocycles. The van der Waals surface area contributed by atoms with Gasteiger partial charge in [0, 0.05) is 6.21 Å². The van der Waals surface area contributed by atoms with Gasteiger partial charge in [0.05, 0.1) is 12.7 Å². The predicted octanol–water partition coefficient (Wildman–Crippen LogP) is 1.37. The maximum Gasteiger partial charge on any atom is 0.196 e. The van der Waals surface area contributed by atoms with E-state index in [2.05, 4.69) is 36.2 Å². The second kappa shape index (κ2) is 2.58. The Kier molecular flexibility index (Phi) is 1.58. The highest BCUT2D eigenvalue weighted by Crippen LogP contribution is 2.22. The smallest absolute Gasteiger partial charge is 0.196 e. The SMILES string of the molecule is Brc1cnc2c(n1)N=CCN2. The first-order valence-electron chi connectivity index (χ1n) is 3.15. The van der Waals surface area contributed by atoms with E-state index in [-0.39, 0.29) is 0 Å². The summed E-state index contributed by atoms with van der Waals surface area (Å²) in [5.41, 5.74) is 0. The maximum absolute atomic E-state index is 4.11. The van der Waals surface area contributed by atoms with Gasteiger partial charge in [-0.25, -0.2) is 15.0 Å². The highest BCUT2D eigenvalue weighted by Gasteiger charge is 2.06. The Hall–Kier alpha value is -0.970. The molecule has 0 unspecified atom stereocenters. The summed E-state index contributed by atoms with van der Waals surface area (Å²) in [5, 5.41) is 3.05. The van der Waals surface area contributed by atoms with Crippen molar-refractivity contribution < 1.29 is 0 Å². The molecule has 0 fully saturated rings. The molecule has 4 nitrogen and oxygen atoms in total. The van der Waals surface area contributed by atoms with Crippen molar-refractivity contribution in [3.8, 4) is 0 Å². The molecule has 2 heterocycles. The van der Waals surface area contributed by atoms with Gasteiger partial charge in [0.1, 0.15) is 4.60 Å². The maximum atomic E-state index is 4.11. The van der Waals surface area contributed by atoms with E-state index in [0.717, 1.165) is 12.4 Å². The van der Waals surface area contributed by atoms with Crippen LogP contribution >= 0.6 is 15.9 Å². The van der Waals surface area contributed by atoms with E-state index in [1.165, 1.54) is 0 Å². The molecule has 1 aromatic rings. The number of aromatic nitrogens is 2. The minimum atomic E-state index is 0.644. The quantitative estimate of drug-likeness (QED) is 0.707. The summed E-state index contributed by atoms with van der Waals surface area (Å²) < 4.78 is 0.706. The van der Waals surface area contributed by atoms with Gasteiger partial charge in [-0.1, -0.05) is 0 Å². The van der Waals surface area contributed by atoms with Gasteiger partial charge in [-0.2, -0.15) is 0 Å². The van der Waals surface area contributed by atoms with E-state index in [9.17, 15) is 0 Å². The zero-order valence-corrected chi connectivity index (χ0v) is 7.17. The fraction of sp³-hybridized carbons (Fsp3) is 0.167. The van der Waals surface area contributed by atoms with Crippen molar-refractivity contribution in [3.63, 3.8) is 0 Å². The highest BCUT2D eigenvalue weighted by atomic mass is 79.9. The second-order valence-electron chi connectivity index (χ2n) is 2.06. The van der Waals surface area contributed by atoms with Crippen LogP contribution in [0.15, 0.2) is 15.8 Å². The van der Waals surface area contributed by atoms with Crippen molar-refractivity contribution in [2.24, 2.45) is 4.99 Å². The average molecular weight is 213 g/mol. The third kappa shape index (κ3) is 1.23. The molecule has 0 bridgehead atoms. The van der Waals surface area contributed by atoms with Crippen molar-refractivity contribution in [2.75, 3.05) is 11.9 Å². The molecule has 1 N–H and O–H groups in total. The van der Waals surface area contributed by atoms with E-state index in [4.69, 9.17) is 0 Å². The summed E-state index contributed by atoms with van der Waals surface area (Å²) in [6.45, 7) is 0.726. The first kappa shape index (κ1) is 6.72. The standard InChI is InChI=1S/C6H5BrN4/c7-4-3-10-5-6(11-4)9-2-1-8-5/h2-3H,1H2,(H,8,10). The number of nitrogens with one attached hydrogen (secondary N) is 1. The molecule has 0 radical (unpaired) electrons. The summed E-state index contributed by atoms with van der Waals surface area (Å²) in [6.07, 6.45) is 3.41. The molecular formula is C6H5BrN4. The van der Waals surface area contributed by atoms with E-state index in [1.807, 2.05) is 0 Å². The Labute approximate surface area is 71.9 Å². The van der Waals surface area contributed by atoms with Crippen LogP contribution in [0.5, 0.6) is 0 Å². The van der Waals surface area contributed by atoms with Crippen LogP contribution < -0.4 is 5.32 Å². The van der Waals surface area contributed by atoms with Crippen molar-refractivity contribution in [3.05, 3.63) is 10.8 Å². The van der Waals surface area contributed by atoms with Crippen LogP contribution in [0.1, 0.15) is 0 Å². The number of fused-ring (bicyclic) bond motifs is 1. The first-order valence-corrected chi connectivity index (χ1v) is 3.94. The normalized spacial score (nSPS) is 13.9. The lowest BCUT2D eigenvalue weighted by molar-refractivity contribution is 1.11. The zero-order valence-electron chi connectivity index (χ0n) is 5.58. The van der Waals surface area contributed by atoms with Gasteiger partial charge in [0.2, 0.25) is 0 Å². The highest BCUT2D eigenvalue weighted by molar-refractivity contribution is 9.10. The second-order valence-corrected chi connectivity index (χ2v) is 2.87. The van der Waals surface area contributed by atoms with Crippen molar-refractivity contribution in [1.29, 1.82) is 0 Å². The van der Waals surface area contributed by atoms with Crippen LogP contribution in [0.2, 0.25) is 0 Å². The number of anilines is 1. The van der Waals surface area contributed by atoms with Crippen LogP contribution in [0.3, 0.4) is 0 Å².